The number of carboxylic acids is 1. The molecule has 1 fully saturated rings. The summed E-state index contributed by atoms with van der Waals surface area (Å²) in [6.45, 7) is 4.78. The van der Waals surface area contributed by atoms with E-state index in [1.165, 1.54) is 6.92 Å². The molecule has 4 N–H and O–H groups in total. The Hall–Kier alpha value is -1.14. The molecule has 0 aliphatic carbocycles. The Morgan fingerprint density at radius 3 is 2.61 bits per heavy atom. The number of hydrogen-bond acceptors (Lipinski definition) is 4. The SMILES string of the molecule is CCC1(C(=O)NCC(C)(O)CC(=O)O)CCNC1. The number of carboxylic acid groups (broad SMARTS) is 1. The van der Waals surface area contributed by atoms with Crippen molar-refractivity contribution in [3.8, 4) is 0 Å². The Bertz CT molecular complexity index is 322. The quantitative estimate of drug-likeness (QED) is 0.525. The van der Waals surface area contributed by atoms with E-state index >= 15 is 0 Å². The first kappa shape index (κ1) is 14.9. The van der Waals surface area contributed by atoms with Crippen molar-refractivity contribution < 1.29 is 19.8 Å². The lowest BCUT2D eigenvalue weighted by Gasteiger charge is -2.28. The third kappa shape index (κ3) is 3.68. The Morgan fingerprint density at radius 1 is 1.50 bits per heavy atom. The van der Waals surface area contributed by atoms with Crippen LogP contribution < -0.4 is 10.6 Å². The summed E-state index contributed by atoms with van der Waals surface area (Å²) >= 11 is 0. The highest BCUT2D eigenvalue weighted by molar-refractivity contribution is 5.83. The van der Waals surface area contributed by atoms with Gasteiger partial charge >= 0.3 is 5.97 Å². The van der Waals surface area contributed by atoms with Crippen molar-refractivity contribution in [1.82, 2.24) is 10.6 Å². The summed E-state index contributed by atoms with van der Waals surface area (Å²) in [6, 6.07) is 0. The summed E-state index contributed by atoms with van der Waals surface area (Å²) in [6.07, 6.45) is 1.12. The Kier molecular flexibility index (Phi) is 4.70. The summed E-state index contributed by atoms with van der Waals surface area (Å²) in [7, 11) is 0. The summed E-state index contributed by atoms with van der Waals surface area (Å²) in [5.74, 6) is -1.19. The molecule has 0 aromatic rings. The van der Waals surface area contributed by atoms with Crippen molar-refractivity contribution in [3.63, 3.8) is 0 Å². The molecule has 0 saturated carbocycles. The van der Waals surface area contributed by atoms with Crippen molar-refractivity contribution in [1.29, 1.82) is 0 Å². The first-order valence-corrected chi connectivity index (χ1v) is 6.24. The number of carbonyl (C=O) groups excluding carboxylic acids is 1. The second-order valence-electron chi connectivity index (χ2n) is 5.31. The van der Waals surface area contributed by atoms with Crippen LogP contribution in [0.1, 0.15) is 33.1 Å². The first-order chi connectivity index (χ1) is 8.31. The molecule has 1 aliphatic heterocycles. The molecule has 18 heavy (non-hydrogen) atoms. The van der Waals surface area contributed by atoms with Crippen LogP contribution in [0.25, 0.3) is 0 Å². The van der Waals surface area contributed by atoms with Gasteiger partial charge in [0.05, 0.1) is 17.4 Å². The van der Waals surface area contributed by atoms with E-state index in [4.69, 9.17) is 5.11 Å². The van der Waals surface area contributed by atoms with Gasteiger partial charge in [0, 0.05) is 13.1 Å². The normalized spacial score (nSPS) is 26.6. The van der Waals surface area contributed by atoms with Crippen LogP contribution in [-0.2, 0) is 9.59 Å². The third-order valence-electron chi connectivity index (χ3n) is 3.56. The van der Waals surface area contributed by atoms with Crippen LogP contribution in [0, 0.1) is 5.41 Å². The number of aliphatic hydroxyl groups is 1. The molecule has 6 nitrogen and oxygen atoms in total. The Balaban J connectivity index is 2.52. The molecule has 0 spiro atoms. The summed E-state index contributed by atoms with van der Waals surface area (Å²) in [5, 5.41) is 24.3. The minimum Gasteiger partial charge on any atom is -0.481 e. The van der Waals surface area contributed by atoms with Gasteiger partial charge in [0.1, 0.15) is 0 Å². The largest absolute Gasteiger partial charge is 0.481 e. The van der Waals surface area contributed by atoms with Gasteiger partial charge in [-0.15, -0.1) is 0 Å². The predicted octanol–water partition coefficient (Wildman–Crippen LogP) is -0.282. The molecular formula is C12H22N2O4. The van der Waals surface area contributed by atoms with Crippen LogP contribution in [-0.4, -0.2) is 47.3 Å². The van der Waals surface area contributed by atoms with E-state index in [0.29, 0.717) is 6.54 Å². The lowest BCUT2D eigenvalue weighted by molar-refractivity contribution is -0.143. The molecule has 104 valence electrons. The second kappa shape index (κ2) is 5.67. The number of amides is 1. The number of rotatable bonds is 6. The van der Waals surface area contributed by atoms with Crippen molar-refractivity contribution in [2.24, 2.45) is 5.41 Å². The molecule has 0 radical (unpaired) electrons. The third-order valence-corrected chi connectivity index (χ3v) is 3.56. The van der Waals surface area contributed by atoms with E-state index < -0.39 is 17.0 Å². The predicted molar refractivity (Wildman–Crippen MR) is 66.1 cm³/mol. The Labute approximate surface area is 107 Å². The fourth-order valence-corrected chi connectivity index (χ4v) is 2.25. The average molecular weight is 258 g/mol. The molecular weight excluding hydrogens is 236 g/mol. The minimum absolute atomic E-state index is 0.0418. The van der Waals surface area contributed by atoms with Gasteiger partial charge in [-0.2, -0.15) is 0 Å². The Morgan fingerprint density at radius 2 is 2.17 bits per heavy atom. The van der Waals surface area contributed by atoms with Crippen molar-refractivity contribution in [2.75, 3.05) is 19.6 Å². The van der Waals surface area contributed by atoms with Crippen LogP contribution >= 0.6 is 0 Å². The van der Waals surface area contributed by atoms with Gasteiger partial charge in [0.15, 0.2) is 0 Å². The number of hydrogen-bond donors (Lipinski definition) is 4. The van der Waals surface area contributed by atoms with Gasteiger partial charge < -0.3 is 20.8 Å². The highest BCUT2D eigenvalue weighted by Crippen LogP contribution is 2.29. The first-order valence-electron chi connectivity index (χ1n) is 6.24. The maximum absolute atomic E-state index is 12.1. The molecule has 1 amide bonds. The highest BCUT2D eigenvalue weighted by Gasteiger charge is 2.40. The molecule has 0 bridgehead atoms. The standard InChI is InChI=1S/C12H22N2O4/c1-3-12(4-5-13-8-12)10(17)14-7-11(2,18)6-9(15)16/h13,18H,3-8H2,1-2H3,(H,14,17)(H,15,16). The van der Waals surface area contributed by atoms with Crippen molar-refractivity contribution in [3.05, 3.63) is 0 Å². The zero-order chi connectivity index (χ0) is 13.8. The molecule has 6 heteroatoms. The monoisotopic (exact) mass is 258 g/mol. The van der Waals surface area contributed by atoms with E-state index in [0.717, 1.165) is 19.4 Å². The van der Waals surface area contributed by atoms with Gasteiger partial charge in [0.25, 0.3) is 0 Å². The topological polar surface area (TPSA) is 98.7 Å². The van der Waals surface area contributed by atoms with Crippen LogP contribution in [0.4, 0.5) is 0 Å². The van der Waals surface area contributed by atoms with E-state index in [1.54, 1.807) is 0 Å². The van der Waals surface area contributed by atoms with Crippen molar-refractivity contribution in [2.45, 2.75) is 38.7 Å². The molecule has 2 unspecified atom stereocenters. The minimum atomic E-state index is -1.41. The fourth-order valence-electron chi connectivity index (χ4n) is 2.25. The van der Waals surface area contributed by atoms with E-state index in [-0.39, 0.29) is 18.9 Å². The van der Waals surface area contributed by atoms with Gasteiger partial charge in [-0.3, -0.25) is 9.59 Å². The second-order valence-corrected chi connectivity index (χ2v) is 5.31. The molecule has 1 rings (SSSR count). The van der Waals surface area contributed by atoms with E-state index in [2.05, 4.69) is 10.6 Å². The average Bonchev–Trinajstić information content (AvgIpc) is 2.74. The maximum atomic E-state index is 12.1. The molecule has 1 aliphatic rings. The maximum Gasteiger partial charge on any atom is 0.306 e. The molecule has 1 saturated heterocycles. The lowest BCUT2D eigenvalue weighted by atomic mass is 9.83. The number of carbonyl (C=O) groups is 2. The van der Waals surface area contributed by atoms with Gasteiger partial charge in [0.2, 0.25) is 5.91 Å². The number of aliphatic carboxylic acids is 1. The zero-order valence-electron chi connectivity index (χ0n) is 11.0. The van der Waals surface area contributed by atoms with Crippen molar-refractivity contribution >= 4 is 11.9 Å². The highest BCUT2D eigenvalue weighted by atomic mass is 16.4. The molecule has 0 aromatic heterocycles. The molecule has 0 aromatic carbocycles. The van der Waals surface area contributed by atoms with Crippen LogP contribution in [0.15, 0.2) is 0 Å². The molecule has 1 heterocycles. The number of nitrogens with one attached hydrogen (secondary N) is 2. The van der Waals surface area contributed by atoms with Crippen LogP contribution in [0.2, 0.25) is 0 Å². The van der Waals surface area contributed by atoms with E-state index in [1.807, 2.05) is 6.92 Å². The summed E-state index contributed by atoms with van der Waals surface area (Å²) in [5.41, 5.74) is -1.83. The van der Waals surface area contributed by atoms with Gasteiger partial charge in [-0.1, -0.05) is 6.92 Å². The lowest BCUT2D eigenvalue weighted by Crippen LogP contribution is -2.48. The smallest absolute Gasteiger partial charge is 0.306 e. The van der Waals surface area contributed by atoms with Gasteiger partial charge in [-0.05, 0) is 26.3 Å². The van der Waals surface area contributed by atoms with Crippen LogP contribution in [0.3, 0.4) is 0 Å². The zero-order valence-corrected chi connectivity index (χ0v) is 11.0. The van der Waals surface area contributed by atoms with Crippen LogP contribution in [0.5, 0.6) is 0 Å². The summed E-state index contributed by atoms with van der Waals surface area (Å²) in [4.78, 5) is 22.7. The van der Waals surface area contributed by atoms with Gasteiger partial charge in [-0.25, -0.2) is 0 Å². The molecule has 2 atom stereocenters. The van der Waals surface area contributed by atoms with E-state index in [9.17, 15) is 14.7 Å². The fraction of sp³-hybridized carbons (Fsp3) is 0.833. The summed E-state index contributed by atoms with van der Waals surface area (Å²) < 4.78 is 0.